The van der Waals surface area contributed by atoms with E-state index in [4.69, 9.17) is 10.6 Å². The molecule has 0 fully saturated rings. The predicted octanol–water partition coefficient (Wildman–Crippen LogP) is 1.43. The van der Waals surface area contributed by atoms with Gasteiger partial charge < -0.3 is 10.2 Å². The predicted molar refractivity (Wildman–Crippen MR) is 72.5 cm³/mol. The first-order valence-corrected chi connectivity index (χ1v) is 6.34. The average Bonchev–Trinajstić information content (AvgIpc) is 2.47. The summed E-state index contributed by atoms with van der Waals surface area (Å²) in [4.78, 5) is 9.10. The molecule has 0 spiro atoms. The Morgan fingerprint density at radius 1 is 1.21 bits per heavy atom. The van der Waals surface area contributed by atoms with Gasteiger partial charge in [0.15, 0.2) is 0 Å². The normalized spacial score (nSPS) is 13.9. The second kappa shape index (κ2) is 5.34. The molecule has 0 atom stereocenters. The molecule has 5 heteroatoms. The van der Waals surface area contributed by atoms with E-state index in [0.717, 1.165) is 23.5 Å². The van der Waals surface area contributed by atoms with Crippen LogP contribution in [0.15, 0.2) is 30.3 Å². The van der Waals surface area contributed by atoms with Crippen molar-refractivity contribution >= 4 is 5.82 Å². The molecule has 1 aromatic carbocycles. The summed E-state index contributed by atoms with van der Waals surface area (Å²) in [7, 11) is 0. The lowest BCUT2D eigenvalue weighted by Gasteiger charge is -2.19. The second-order valence-corrected chi connectivity index (χ2v) is 4.52. The van der Waals surface area contributed by atoms with Gasteiger partial charge in [-0.25, -0.2) is 15.8 Å². The Morgan fingerprint density at radius 3 is 2.84 bits per heavy atom. The lowest BCUT2D eigenvalue weighted by Crippen LogP contribution is -2.20. The highest BCUT2D eigenvalue weighted by atomic mass is 16.5. The highest BCUT2D eigenvalue weighted by Gasteiger charge is 2.17. The van der Waals surface area contributed by atoms with Crippen molar-refractivity contribution < 1.29 is 4.74 Å². The van der Waals surface area contributed by atoms with E-state index >= 15 is 0 Å². The van der Waals surface area contributed by atoms with Crippen LogP contribution in [-0.2, 0) is 24.2 Å². The Bertz CT molecular complexity index is 554. The van der Waals surface area contributed by atoms with Crippen molar-refractivity contribution in [2.24, 2.45) is 5.84 Å². The zero-order valence-electron chi connectivity index (χ0n) is 10.6. The number of nitrogen functional groups attached to an aromatic ring is 1. The molecule has 2 aromatic rings. The van der Waals surface area contributed by atoms with Crippen LogP contribution < -0.4 is 11.3 Å². The van der Waals surface area contributed by atoms with E-state index in [1.54, 1.807) is 0 Å². The van der Waals surface area contributed by atoms with Gasteiger partial charge in [-0.05, 0) is 5.56 Å². The molecule has 0 radical (unpaired) electrons. The fraction of sp³-hybridized carbons (Fsp3) is 0.286. The summed E-state index contributed by atoms with van der Waals surface area (Å²) < 4.78 is 5.42. The number of benzene rings is 1. The number of rotatable bonds is 3. The van der Waals surface area contributed by atoms with Crippen LogP contribution in [0.4, 0.5) is 5.82 Å². The molecule has 0 saturated carbocycles. The maximum Gasteiger partial charge on any atom is 0.149 e. The van der Waals surface area contributed by atoms with Crippen molar-refractivity contribution in [2.75, 3.05) is 12.0 Å². The lowest BCUT2D eigenvalue weighted by atomic mass is 10.1. The van der Waals surface area contributed by atoms with Crippen molar-refractivity contribution in [3.8, 4) is 0 Å². The number of aromatic nitrogens is 2. The van der Waals surface area contributed by atoms with Crippen LogP contribution in [0.1, 0.15) is 22.6 Å². The second-order valence-electron chi connectivity index (χ2n) is 4.52. The summed E-state index contributed by atoms with van der Waals surface area (Å²) in [5.41, 5.74) is 5.86. The van der Waals surface area contributed by atoms with Gasteiger partial charge in [-0.2, -0.15) is 0 Å². The number of hydrogen-bond acceptors (Lipinski definition) is 5. The molecule has 0 aliphatic carbocycles. The van der Waals surface area contributed by atoms with Crippen LogP contribution in [0.2, 0.25) is 0 Å². The minimum Gasteiger partial charge on any atom is -0.376 e. The molecule has 98 valence electrons. The van der Waals surface area contributed by atoms with E-state index in [9.17, 15) is 0 Å². The van der Waals surface area contributed by atoms with Gasteiger partial charge in [-0.15, -0.1) is 0 Å². The topological polar surface area (TPSA) is 73.1 Å². The van der Waals surface area contributed by atoms with Crippen molar-refractivity contribution in [1.82, 2.24) is 9.97 Å². The maximum absolute atomic E-state index is 5.54. The smallest absolute Gasteiger partial charge is 0.149 e. The first kappa shape index (κ1) is 12.1. The Morgan fingerprint density at radius 2 is 2.05 bits per heavy atom. The Kier molecular flexibility index (Phi) is 3.39. The SMILES string of the molecule is NNc1nc(Cc2ccccc2)nc2c1COCC2. The third kappa shape index (κ3) is 2.57. The number of anilines is 1. The number of hydrazine groups is 1. The van der Waals surface area contributed by atoms with Gasteiger partial charge in [-0.3, -0.25) is 0 Å². The Hall–Kier alpha value is -1.98. The molecule has 3 rings (SSSR count). The molecule has 0 saturated heterocycles. The van der Waals surface area contributed by atoms with Gasteiger partial charge in [0, 0.05) is 18.4 Å². The van der Waals surface area contributed by atoms with E-state index in [2.05, 4.69) is 27.5 Å². The number of nitrogens with two attached hydrogens (primary N) is 1. The van der Waals surface area contributed by atoms with Gasteiger partial charge in [0.25, 0.3) is 0 Å². The Labute approximate surface area is 111 Å². The summed E-state index contributed by atoms with van der Waals surface area (Å²) in [6, 6.07) is 10.2. The third-order valence-corrected chi connectivity index (χ3v) is 3.21. The molecule has 2 heterocycles. The summed E-state index contributed by atoms with van der Waals surface area (Å²) in [6.07, 6.45) is 1.53. The molecule has 0 bridgehead atoms. The van der Waals surface area contributed by atoms with Crippen LogP contribution in [0.3, 0.4) is 0 Å². The van der Waals surface area contributed by atoms with Gasteiger partial charge in [-0.1, -0.05) is 30.3 Å². The monoisotopic (exact) mass is 256 g/mol. The number of hydrogen-bond donors (Lipinski definition) is 2. The van der Waals surface area contributed by atoms with Crippen LogP contribution >= 0.6 is 0 Å². The number of ether oxygens (including phenoxy) is 1. The number of fused-ring (bicyclic) bond motifs is 1. The van der Waals surface area contributed by atoms with Crippen LogP contribution in [0.25, 0.3) is 0 Å². The molecule has 19 heavy (non-hydrogen) atoms. The quantitative estimate of drug-likeness (QED) is 0.642. The number of nitrogens with one attached hydrogen (secondary N) is 1. The largest absolute Gasteiger partial charge is 0.376 e. The molecular weight excluding hydrogens is 240 g/mol. The summed E-state index contributed by atoms with van der Waals surface area (Å²) in [5, 5.41) is 0. The lowest BCUT2D eigenvalue weighted by molar-refractivity contribution is 0.109. The fourth-order valence-corrected chi connectivity index (χ4v) is 2.26. The molecule has 5 nitrogen and oxygen atoms in total. The van der Waals surface area contributed by atoms with Gasteiger partial charge in [0.05, 0.1) is 18.9 Å². The zero-order valence-corrected chi connectivity index (χ0v) is 10.6. The minimum atomic E-state index is 0.528. The number of nitrogens with zero attached hydrogens (tertiary/aromatic N) is 2. The zero-order chi connectivity index (χ0) is 13.1. The molecule has 0 amide bonds. The molecule has 1 aromatic heterocycles. The van der Waals surface area contributed by atoms with Crippen molar-refractivity contribution in [1.29, 1.82) is 0 Å². The van der Waals surface area contributed by atoms with Crippen LogP contribution in [0.5, 0.6) is 0 Å². The molecule has 1 aliphatic rings. The molecular formula is C14H16N4O. The van der Waals surface area contributed by atoms with Crippen LogP contribution in [-0.4, -0.2) is 16.6 Å². The van der Waals surface area contributed by atoms with Crippen molar-refractivity contribution in [3.05, 3.63) is 53.0 Å². The summed E-state index contributed by atoms with van der Waals surface area (Å²) >= 11 is 0. The fourth-order valence-electron chi connectivity index (χ4n) is 2.26. The average molecular weight is 256 g/mol. The third-order valence-electron chi connectivity index (χ3n) is 3.21. The first-order chi connectivity index (χ1) is 9.36. The van der Waals surface area contributed by atoms with E-state index in [-0.39, 0.29) is 0 Å². The molecule has 3 N–H and O–H groups in total. The van der Waals surface area contributed by atoms with Gasteiger partial charge >= 0.3 is 0 Å². The summed E-state index contributed by atoms with van der Waals surface area (Å²) in [5.74, 6) is 7.01. The highest BCUT2D eigenvalue weighted by Crippen LogP contribution is 2.22. The molecule has 0 unspecified atom stereocenters. The standard InChI is InChI=1S/C14H16N4O/c15-18-14-11-9-19-7-6-12(11)16-13(17-14)8-10-4-2-1-3-5-10/h1-5H,6-9,15H2,(H,16,17,18). The van der Waals surface area contributed by atoms with Gasteiger partial charge in [0.2, 0.25) is 0 Å². The van der Waals surface area contributed by atoms with E-state index in [0.29, 0.717) is 25.5 Å². The van der Waals surface area contributed by atoms with E-state index in [1.165, 1.54) is 5.56 Å². The Balaban J connectivity index is 1.94. The van der Waals surface area contributed by atoms with Gasteiger partial charge in [0.1, 0.15) is 11.6 Å². The maximum atomic E-state index is 5.54. The van der Waals surface area contributed by atoms with Crippen LogP contribution in [0, 0.1) is 0 Å². The minimum absolute atomic E-state index is 0.528. The van der Waals surface area contributed by atoms with Crippen molar-refractivity contribution in [3.63, 3.8) is 0 Å². The van der Waals surface area contributed by atoms with Crippen molar-refractivity contribution in [2.45, 2.75) is 19.4 Å². The summed E-state index contributed by atoms with van der Waals surface area (Å²) in [6.45, 7) is 1.24. The highest BCUT2D eigenvalue weighted by molar-refractivity contribution is 5.46. The van der Waals surface area contributed by atoms with E-state index in [1.807, 2.05) is 18.2 Å². The first-order valence-electron chi connectivity index (χ1n) is 6.34. The van der Waals surface area contributed by atoms with E-state index < -0.39 is 0 Å². The molecule has 1 aliphatic heterocycles.